The van der Waals surface area contributed by atoms with Crippen LogP contribution >= 0.6 is 11.3 Å². The van der Waals surface area contributed by atoms with Gasteiger partial charge in [-0.05, 0) is 63.6 Å². The van der Waals surface area contributed by atoms with Crippen molar-refractivity contribution in [3.63, 3.8) is 0 Å². The molecule has 0 amide bonds. The fraction of sp³-hybridized carbons (Fsp3) is 0.321. The van der Waals surface area contributed by atoms with Gasteiger partial charge in [-0.3, -0.25) is 9.36 Å². The number of allylic oxidation sites excluding steroid dienone is 1. The highest BCUT2D eigenvalue weighted by Crippen LogP contribution is 2.32. The van der Waals surface area contributed by atoms with Gasteiger partial charge >= 0.3 is 5.97 Å². The average Bonchev–Trinajstić information content (AvgIpc) is 3.19. The lowest BCUT2D eigenvalue weighted by Gasteiger charge is -2.25. The summed E-state index contributed by atoms with van der Waals surface area (Å²) >= 11 is 1.21. The number of rotatable bonds is 8. The topological polar surface area (TPSA) is 93.4 Å². The van der Waals surface area contributed by atoms with Gasteiger partial charge in [0.25, 0.3) is 5.56 Å². The molecular weight excluding hydrogens is 490 g/mol. The van der Waals surface area contributed by atoms with Crippen LogP contribution in [-0.2, 0) is 9.53 Å². The third-order valence-electron chi connectivity index (χ3n) is 6.36. The summed E-state index contributed by atoms with van der Waals surface area (Å²) in [6.07, 6.45) is 1.66. The van der Waals surface area contributed by atoms with Crippen molar-refractivity contribution >= 4 is 29.1 Å². The van der Waals surface area contributed by atoms with E-state index < -0.39 is 12.0 Å². The number of anilines is 1. The maximum atomic E-state index is 13.8. The standard InChI is InChI=1S/C28H31N3O5S/c1-6-30(7-2)20-13-12-18(22(32)16-20)15-23-26(33)31-25(19-10-9-11-21(14-19)35-5)24(27(34)36-8-3)17(4)29-28(31)37-23/h9-16,25,32H,6-8H2,1-5H3/b23-15+/t25-/m0/s1. The maximum Gasteiger partial charge on any atom is 0.338 e. The molecule has 0 saturated heterocycles. The molecule has 37 heavy (non-hydrogen) atoms. The molecule has 1 atom stereocenters. The van der Waals surface area contributed by atoms with Crippen molar-refractivity contribution < 1.29 is 19.4 Å². The van der Waals surface area contributed by atoms with Crippen LogP contribution in [0.5, 0.6) is 11.5 Å². The highest BCUT2D eigenvalue weighted by Gasteiger charge is 2.33. The van der Waals surface area contributed by atoms with Crippen LogP contribution in [0.1, 0.15) is 44.9 Å². The molecule has 1 aliphatic rings. The first-order valence-electron chi connectivity index (χ1n) is 12.2. The number of phenols is 1. The number of carbonyl (C=O) groups excluding carboxylic acids is 1. The SMILES string of the molecule is CCOC(=O)C1=C(C)N=c2s/c(=C/c3ccc(N(CC)CC)cc3O)c(=O)n2[C@H]1c1cccc(OC)c1. The molecule has 4 rings (SSSR count). The number of aromatic nitrogens is 1. The number of hydrogen-bond donors (Lipinski definition) is 1. The first kappa shape index (κ1) is 26.2. The fourth-order valence-corrected chi connectivity index (χ4v) is 5.54. The molecule has 194 valence electrons. The molecule has 9 heteroatoms. The van der Waals surface area contributed by atoms with Crippen LogP contribution in [0.3, 0.4) is 0 Å². The minimum absolute atomic E-state index is 0.0861. The molecule has 1 aliphatic heterocycles. The Balaban J connectivity index is 1.90. The minimum atomic E-state index is -0.730. The maximum absolute atomic E-state index is 13.8. The molecular formula is C28H31N3O5S. The van der Waals surface area contributed by atoms with Gasteiger partial charge in [0.2, 0.25) is 0 Å². The summed E-state index contributed by atoms with van der Waals surface area (Å²) in [6.45, 7) is 9.44. The van der Waals surface area contributed by atoms with Gasteiger partial charge in [0.1, 0.15) is 11.5 Å². The zero-order valence-electron chi connectivity index (χ0n) is 21.6. The van der Waals surface area contributed by atoms with Gasteiger partial charge in [0.05, 0.1) is 35.6 Å². The Hall–Kier alpha value is -3.85. The van der Waals surface area contributed by atoms with E-state index in [2.05, 4.69) is 23.7 Å². The lowest BCUT2D eigenvalue weighted by Crippen LogP contribution is -2.39. The van der Waals surface area contributed by atoms with Crippen LogP contribution in [0.25, 0.3) is 6.08 Å². The Kier molecular flexibility index (Phi) is 7.83. The second-order valence-corrected chi connectivity index (χ2v) is 9.50. The monoisotopic (exact) mass is 521 g/mol. The predicted molar refractivity (Wildman–Crippen MR) is 145 cm³/mol. The summed E-state index contributed by atoms with van der Waals surface area (Å²) in [5.41, 5.74) is 2.63. The Morgan fingerprint density at radius 2 is 1.95 bits per heavy atom. The first-order chi connectivity index (χ1) is 17.8. The van der Waals surface area contributed by atoms with E-state index in [0.717, 1.165) is 18.8 Å². The number of esters is 1. The summed E-state index contributed by atoms with van der Waals surface area (Å²) in [5, 5.41) is 10.7. The van der Waals surface area contributed by atoms with Crippen LogP contribution in [0.15, 0.2) is 63.5 Å². The number of fused-ring (bicyclic) bond motifs is 1. The molecule has 2 heterocycles. The second kappa shape index (κ2) is 11.0. The molecule has 0 aliphatic carbocycles. The molecule has 0 saturated carbocycles. The molecule has 8 nitrogen and oxygen atoms in total. The smallest absolute Gasteiger partial charge is 0.338 e. The van der Waals surface area contributed by atoms with E-state index in [1.54, 1.807) is 51.3 Å². The Bertz CT molecular complexity index is 1530. The van der Waals surface area contributed by atoms with E-state index in [4.69, 9.17) is 9.47 Å². The Morgan fingerprint density at radius 1 is 1.19 bits per heavy atom. The summed E-state index contributed by atoms with van der Waals surface area (Å²) < 4.78 is 12.7. The number of benzene rings is 2. The predicted octanol–water partition coefficient (Wildman–Crippen LogP) is 3.36. The van der Waals surface area contributed by atoms with E-state index >= 15 is 0 Å². The number of nitrogens with zero attached hydrogens (tertiary/aromatic N) is 3. The Labute approximate surface area is 219 Å². The molecule has 2 aromatic carbocycles. The minimum Gasteiger partial charge on any atom is -0.507 e. The summed E-state index contributed by atoms with van der Waals surface area (Å²) in [4.78, 5) is 34.0. The van der Waals surface area contributed by atoms with Gasteiger partial charge in [-0.2, -0.15) is 0 Å². The quantitative estimate of drug-likeness (QED) is 0.457. The third kappa shape index (κ3) is 5.04. The Morgan fingerprint density at radius 3 is 2.59 bits per heavy atom. The molecule has 0 spiro atoms. The lowest BCUT2D eigenvalue weighted by molar-refractivity contribution is -0.139. The van der Waals surface area contributed by atoms with Crippen molar-refractivity contribution in [2.45, 2.75) is 33.7 Å². The van der Waals surface area contributed by atoms with Crippen LogP contribution in [0.4, 0.5) is 5.69 Å². The van der Waals surface area contributed by atoms with Gasteiger partial charge in [0, 0.05) is 30.4 Å². The van der Waals surface area contributed by atoms with Gasteiger partial charge in [0.15, 0.2) is 4.80 Å². The van der Waals surface area contributed by atoms with Crippen molar-refractivity contribution in [1.82, 2.24) is 4.57 Å². The third-order valence-corrected chi connectivity index (χ3v) is 7.34. The molecule has 1 aromatic heterocycles. The van der Waals surface area contributed by atoms with Crippen molar-refractivity contribution in [3.8, 4) is 11.5 Å². The number of hydrogen-bond acceptors (Lipinski definition) is 8. The highest BCUT2D eigenvalue weighted by molar-refractivity contribution is 7.07. The molecule has 0 fully saturated rings. The lowest BCUT2D eigenvalue weighted by atomic mass is 9.95. The van der Waals surface area contributed by atoms with Crippen LogP contribution < -0.4 is 24.5 Å². The zero-order valence-corrected chi connectivity index (χ0v) is 22.5. The van der Waals surface area contributed by atoms with E-state index in [1.807, 2.05) is 18.2 Å². The zero-order chi connectivity index (χ0) is 26.7. The van der Waals surface area contributed by atoms with Crippen molar-refractivity contribution in [2.75, 3.05) is 31.7 Å². The summed E-state index contributed by atoms with van der Waals surface area (Å²) in [6, 6.07) is 12.0. The summed E-state index contributed by atoms with van der Waals surface area (Å²) in [7, 11) is 1.57. The van der Waals surface area contributed by atoms with Gasteiger partial charge in [-0.25, -0.2) is 9.79 Å². The number of aromatic hydroxyl groups is 1. The van der Waals surface area contributed by atoms with Gasteiger partial charge < -0.3 is 19.5 Å². The average molecular weight is 522 g/mol. The number of carbonyl (C=O) groups is 1. The van der Waals surface area contributed by atoms with Crippen LogP contribution in [0, 0.1) is 0 Å². The van der Waals surface area contributed by atoms with Gasteiger partial charge in [-0.15, -0.1) is 0 Å². The molecule has 0 radical (unpaired) electrons. The van der Waals surface area contributed by atoms with E-state index in [9.17, 15) is 14.7 Å². The molecule has 1 N–H and O–H groups in total. The van der Waals surface area contributed by atoms with Crippen LogP contribution in [0.2, 0.25) is 0 Å². The largest absolute Gasteiger partial charge is 0.507 e. The van der Waals surface area contributed by atoms with E-state index in [0.29, 0.717) is 37.5 Å². The van der Waals surface area contributed by atoms with Crippen molar-refractivity contribution in [1.29, 1.82) is 0 Å². The van der Waals surface area contributed by atoms with Crippen molar-refractivity contribution in [3.05, 3.63) is 84.5 Å². The summed E-state index contributed by atoms with van der Waals surface area (Å²) in [5.74, 6) is 0.175. The van der Waals surface area contributed by atoms with E-state index in [1.165, 1.54) is 15.9 Å². The fourth-order valence-electron chi connectivity index (χ4n) is 4.50. The first-order valence-corrected chi connectivity index (χ1v) is 13.1. The number of ether oxygens (including phenoxy) is 2. The van der Waals surface area contributed by atoms with Crippen LogP contribution in [-0.4, -0.2) is 42.4 Å². The van der Waals surface area contributed by atoms with Gasteiger partial charge in [-0.1, -0.05) is 23.5 Å². The van der Waals surface area contributed by atoms with E-state index in [-0.39, 0.29) is 17.9 Å². The highest BCUT2D eigenvalue weighted by atomic mass is 32.1. The number of methoxy groups -OCH3 is 1. The number of thiazole rings is 1. The number of phenolic OH excluding ortho intramolecular Hbond substituents is 1. The molecule has 3 aromatic rings. The normalized spacial score (nSPS) is 15.3. The van der Waals surface area contributed by atoms with Crippen molar-refractivity contribution in [2.24, 2.45) is 4.99 Å². The second-order valence-electron chi connectivity index (χ2n) is 8.49. The molecule has 0 bridgehead atoms. The molecule has 0 unspecified atom stereocenters.